The second-order valence-corrected chi connectivity index (χ2v) is 4.61. The van der Waals surface area contributed by atoms with Gasteiger partial charge in [-0.1, -0.05) is 0 Å². The van der Waals surface area contributed by atoms with Crippen LogP contribution in [0.2, 0.25) is 0 Å². The van der Waals surface area contributed by atoms with E-state index in [1.165, 1.54) is 19.3 Å². The highest BCUT2D eigenvalue weighted by Gasteiger charge is 2.24. The first-order valence-electron chi connectivity index (χ1n) is 6.56. The van der Waals surface area contributed by atoms with E-state index in [2.05, 4.69) is 10.3 Å². The Labute approximate surface area is 126 Å². The van der Waals surface area contributed by atoms with Gasteiger partial charge in [0, 0.05) is 24.3 Å². The number of cyclic esters (lactones) is 1. The smallest absolute Gasteiger partial charge is 0.363 e. The summed E-state index contributed by atoms with van der Waals surface area (Å²) in [6, 6.07) is 10.3. The fourth-order valence-corrected chi connectivity index (χ4v) is 1.94. The summed E-state index contributed by atoms with van der Waals surface area (Å²) in [7, 11) is 0. The Kier molecular flexibility index (Phi) is 3.57. The molecule has 0 unspecified atom stereocenters. The van der Waals surface area contributed by atoms with Crippen molar-refractivity contribution in [1.82, 2.24) is 0 Å². The van der Waals surface area contributed by atoms with Gasteiger partial charge in [0.1, 0.15) is 5.76 Å². The van der Waals surface area contributed by atoms with Crippen molar-refractivity contribution >= 4 is 29.5 Å². The Bertz CT molecular complexity index is 771. The van der Waals surface area contributed by atoms with Gasteiger partial charge in [0.2, 0.25) is 11.8 Å². The molecule has 1 aliphatic heterocycles. The van der Waals surface area contributed by atoms with Crippen molar-refractivity contribution in [3.63, 3.8) is 0 Å². The zero-order valence-corrected chi connectivity index (χ0v) is 11.7. The Morgan fingerprint density at radius 1 is 1.23 bits per heavy atom. The van der Waals surface area contributed by atoms with Crippen LogP contribution in [-0.2, 0) is 14.3 Å². The number of furan rings is 1. The molecule has 110 valence electrons. The highest BCUT2D eigenvalue weighted by atomic mass is 16.6. The molecular weight excluding hydrogens is 284 g/mol. The van der Waals surface area contributed by atoms with Crippen LogP contribution in [-0.4, -0.2) is 17.8 Å². The summed E-state index contributed by atoms with van der Waals surface area (Å²) in [4.78, 5) is 26.9. The summed E-state index contributed by atoms with van der Waals surface area (Å²) in [6.07, 6.45) is 3.03. The molecule has 6 heteroatoms. The summed E-state index contributed by atoms with van der Waals surface area (Å²) in [5.74, 6) is 0.0635. The lowest BCUT2D eigenvalue weighted by molar-refractivity contribution is -0.130. The third-order valence-electron chi connectivity index (χ3n) is 2.89. The Morgan fingerprint density at radius 3 is 2.64 bits per heavy atom. The first-order valence-corrected chi connectivity index (χ1v) is 6.56. The van der Waals surface area contributed by atoms with Crippen LogP contribution in [0.1, 0.15) is 18.2 Å². The molecule has 0 bridgehead atoms. The monoisotopic (exact) mass is 296 g/mol. The number of carbonyl (C=O) groups excluding carboxylic acids is 2. The van der Waals surface area contributed by atoms with E-state index in [9.17, 15) is 9.59 Å². The molecule has 1 aromatic carbocycles. The minimum Gasteiger partial charge on any atom is -0.465 e. The van der Waals surface area contributed by atoms with Crippen molar-refractivity contribution < 1.29 is 18.7 Å². The van der Waals surface area contributed by atoms with Gasteiger partial charge in [0.25, 0.3) is 0 Å². The van der Waals surface area contributed by atoms with Crippen LogP contribution in [0.25, 0.3) is 6.08 Å². The third kappa shape index (κ3) is 2.95. The molecule has 1 aromatic heterocycles. The summed E-state index contributed by atoms with van der Waals surface area (Å²) in [6.45, 7) is 1.43. The van der Waals surface area contributed by atoms with E-state index in [4.69, 9.17) is 9.15 Å². The number of hydrogen-bond donors (Lipinski definition) is 1. The Morgan fingerprint density at radius 2 is 2.00 bits per heavy atom. The average molecular weight is 296 g/mol. The summed E-state index contributed by atoms with van der Waals surface area (Å²) < 4.78 is 10.3. The number of nitrogens with zero attached hydrogens (tertiary/aromatic N) is 1. The molecule has 3 rings (SSSR count). The minimum absolute atomic E-state index is 0.152. The lowest BCUT2D eigenvalue weighted by Gasteiger charge is -2.03. The first-order chi connectivity index (χ1) is 10.6. The molecule has 0 atom stereocenters. The molecular formula is C16H12N2O4. The van der Waals surface area contributed by atoms with Gasteiger partial charge in [0.15, 0.2) is 5.70 Å². The van der Waals surface area contributed by atoms with Crippen LogP contribution < -0.4 is 5.32 Å². The zero-order chi connectivity index (χ0) is 15.5. The SMILES string of the molecule is CC(=O)Nc1ccc(C2=N/C(=C\c3ccco3)C(=O)O2)cc1. The number of carbonyl (C=O) groups is 2. The predicted octanol–water partition coefficient (Wildman–Crippen LogP) is 2.58. The van der Waals surface area contributed by atoms with Crippen molar-refractivity contribution in [3.8, 4) is 0 Å². The van der Waals surface area contributed by atoms with Gasteiger partial charge in [-0.05, 0) is 36.4 Å². The van der Waals surface area contributed by atoms with Crippen molar-refractivity contribution in [2.24, 2.45) is 4.99 Å². The van der Waals surface area contributed by atoms with E-state index < -0.39 is 5.97 Å². The molecule has 0 saturated carbocycles. The molecule has 2 aromatic rings. The lowest BCUT2D eigenvalue weighted by atomic mass is 10.2. The summed E-state index contributed by atoms with van der Waals surface area (Å²) in [5, 5.41) is 2.66. The number of benzene rings is 1. The Hall–Kier alpha value is -3.15. The topological polar surface area (TPSA) is 80.9 Å². The van der Waals surface area contributed by atoms with E-state index in [1.807, 2.05) is 0 Å². The van der Waals surface area contributed by atoms with E-state index in [1.54, 1.807) is 36.4 Å². The van der Waals surface area contributed by atoms with Crippen LogP contribution in [0.5, 0.6) is 0 Å². The number of nitrogens with one attached hydrogen (secondary N) is 1. The van der Waals surface area contributed by atoms with Gasteiger partial charge in [0.05, 0.1) is 6.26 Å². The maximum atomic E-state index is 11.8. The number of amides is 1. The van der Waals surface area contributed by atoms with Crippen LogP contribution in [0.4, 0.5) is 5.69 Å². The first kappa shape index (κ1) is 13.8. The maximum Gasteiger partial charge on any atom is 0.363 e. The number of aliphatic imine (C=N–C) groups is 1. The number of anilines is 1. The van der Waals surface area contributed by atoms with E-state index in [0.29, 0.717) is 17.0 Å². The molecule has 0 fully saturated rings. The lowest BCUT2D eigenvalue weighted by Crippen LogP contribution is -2.07. The van der Waals surface area contributed by atoms with Gasteiger partial charge in [-0.2, -0.15) is 0 Å². The van der Waals surface area contributed by atoms with Crippen molar-refractivity contribution in [1.29, 1.82) is 0 Å². The molecule has 0 aliphatic carbocycles. The van der Waals surface area contributed by atoms with Crippen LogP contribution >= 0.6 is 0 Å². The largest absolute Gasteiger partial charge is 0.465 e. The van der Waals surface area contributed by atoms with Crippen molar-refractivity contribution in [2.45, 2.75) is 6.92 Å². The van der Waals surface area contributed by atoms with Gasteiger partial charge >= 0.3 is 5.97 Å². The molecule has 1 amide bonds. The highest BCUT2D eigenvalue weighted by Crippen LogP contribution is 2.20. The maximum absolute atomic E-state index is 11.8. The molecule has 22 heavy (non-hydrogen) atoms. The standard InChI is InChI=1S/C16H12N2O4/c1-10(19)17-12-6-4-11(5-7-12)15-18-14(16(20)22-15)9-13-3-2-8-21-13/h2-9H,1H3,(H,17,19)/b14-9-. The van der Waals surface area contributed by atoms with Crippen molar-refractivity contribution in [3.05, 3.63) is 59.7 Å². The van der Waals surface area contributed by atoms with Crippen LogP contribution in [0, 0.1) is 0 Å². The zero-order valence-electron chi connectivity index (χ0n) is 11.7. The molecule has 0 spiro atoms. The Balaban J connectivity index is 1.83. The van der Waals surface area contributed by atoms with Gasteiger partial charge < -0.3 is 14.5 Å². The highest BCUT2D eigenvalue weighted by molar-refractivity contribution is 6.12. The van der Waals surface area contributed by atoms with Crippen LogP contribution in [0.15, 0.2) is 57.8 Å². The summed E-state index contributed by atoms with van der Waals surface area (Å²) >= 11 is 0. The normalized spacial score (nSPS) is 15.6. The number of hydrogen-bond acceptors (Lipinski definition) is 5. The van der Waals surface area contributed by atoms with Crippen LogP contribution in [0.3, 0.4) is 0 Å². The predicted molar refractivity (Wildman–Crippen MR) is 80.1 cm³/mol. The number of esters is 1. The quantitative estimate of drug-likeness (QED) is 0.697. The average Bonchev–Trinajstić information content (AvgIpc) is 3.10. The van der Waals surface area contributed by atoms with Gasteiger partial charge in [-0.15, -0.1) is 0 Å². The van der Waals surface area contributed by atoms with Gasteiger partial charge in [-0.3, -0.25) is 4.79 Å². The molecule has 1 N–H and O–H groups in total. The molecule has 1 aliphatic rings. The fraction of sp³-hybridized carbons (Fsp3) is 0.0625. The molecule has 2 heterocycles. The molecule has 0 radical (unpaired) electrons. The molecule has 6 nitrogen and oxygen atoms in total. The van der Waals surface area contributed by atoms with E-state index in [-0.39, 0.29) is 17.5 Å². The number of rotatable bonds is 3. The van der Waals surface area contributed by atoms with Gasteiger partial charge in [-0.25, -0.2) is 9.79 Å². The minimum atomic E-state index is -0.530. The summed E-state index contributed by atoms with van der Waals surface area (Å²) in [5.41, 5.74) is 1.48. The van der Waals surface area contributed by atoms with E-state index in [0.717, 1.165) is 0 Å². The second kappa shape index (κ2) is 5.69. The van der Waals surface area contributed by atoms with E-state index >= 15 is 0 Å². The third-order valence-corrected chi connectivity index (χ3v) is 2.89. The number of ether oxygens (including phenoxy) is 1. The van der Waals surface area contributed by atoms with Crippen molar-refractivity contribution in [2.75, 3.05) is 5.32 Å². The fourth-order valence-electron chi connectivity index (χ4n) is 1.94. The second-order valence-electron chi connectivity index (χ2n) is 4.61. The molecule has 0 saturated heterocycles.